The van der Waals surface area contributed by atoms with Crippen LogP contribution in [0.25, 0.3) is 10.2 Å². The minimum Gasteiger partial charge on any atom is -0.302 e. The predicted molar refractivity (Wildman–Crippen MR) is 118 cm³/mol. The van der Waals surface area contributed by atoms with Crippen LogP contribution >= 0.6 is 11.3 Å². The Morgan fingerprint density at radius 1 is 1.07 bits per heavy atom. The molecule has 2 heterocycles. The van der Waals surface area contributed by atoms with Crippen molar-refractivity contribution in [3.63, 3.8) is 0 Å². The number of aromatic nitrogens is 1. The Morgan fingerprint density at radius 3 is 2.37 bits per heavy atom. The summed E-state index contributed by atoms with van der Waals surface area (Å²) in [5.41, 5.74) is 2.98. The first-order chi connectivity index (χ1) is 14.2. The van der Waals surface area contributed by atoms with Crippen LogP contribution in [0, 0.1) is 0 Å². The Bertz CT molecular complexity index is 1120. The third kappa shape index (κ3) is 3.85. The van der Waals surface area contributed by atoms with E-state index in [1.165, 1.54) is 21.8 Å². The van der Waals surface area contributed by atoms with Crippen molar-refractivity contribution in [3.8, 4) is 0 Å². The topological polar surface area (TPSA) is 79.4 Å². The summed E-state index contributed by atoms with van der Waals surface area (Å²) in [5.74, 6) is -0.768. The van der Waals surface area contributed by atoms with Crippen LogP contribution in [0.1, 0.15) is 59.9 Å². The van der Waals surface area contributed by atoms with Gasteiger partial charge in [-0.2, -0.15) is 0 Å². The fraction of sp³-hybridized carbons (Fsp3) is 0.304. The molecule has 2 aromatic carbocycles. The molecular formula is C23H23N3O3S. The normalized spacial score (nSPS) is 13.8. The lowest BCUT2D eigenvalue weighted by atomic mass is 9.87. The van der Waals surface area contributed by atoms with Crippen LogP contribution in [-0.4, -0.2) is 34.2 Å². The van der Waals surface area contributed by atoms with E-state index in [9.17, 15) is 14.4 Å². The van der Waals surface area contributed by atoms with Gasteiger partial charge in [-0.05, 0) is 41.7 Å². The molecule has 0 atom stereocenters. The van der Waals surface area contributed by atoms with Crippen LogP contribution in [0.15, 0.2) is 42.5 Å². The Kier molecular flexibility index (Phi) is 5.15. The fourth-order valence-electron chi connectivity index (χ4n) is 3.47. The average Bonchev–Trinajstić information content (AvgIpc) is 3.20. The molecule has 1 N–H and O–H groups in total. The molecule has 3 aromatic rings. The number of anilines is 1. The maximum absolute atomic E-state index is 12.4. The van der Waals surface area contributed by atoms with Crippen LogP contribution in [0.5, 0.6) is 0 Å². The molecule has 0 saturated carbocycles. The van der Waals surface area contributed by atoms with Crippen LogP contribution in [0.3, 0.4) is 0 Å². The number of nitrogens with zero attached hydrogens (tertiary/aromatic N) is 2. The number of benzene rings is 2. The van der Waals surface area contributed by atoms with E-state index in [0.717, 1.165) is 10.2 Å². The third-order valence-electron chi connectivity index (χ3n) is 5.16. The summed E-state index contributed by atoms with van der Waals surface area (Å²) >= 11 is 1.45. The maximum Gasteiger partial charge on any atom is 0.261 e. The van der Waals surface area contributed by atoms with Crippen molar-refractivity contribution >= 4 is 44.4 Å². The molecule has 6 nitrogen and oxygen atoms in total. The molecule has 0 saturated heterocycles. The minimum absolute atomic E-state index is 0.0473. The van der Waals surface area contributed by atoms with Gasteiger partial charge in [0.15, 0.2) is 5.13 Å². The van der Waals surface area contributed by atoms with Gasteiger partial charge in [0.2, 0.25) is 5.91 Å². The van der Waals surface area contributed by atoms with E-state index < -0.39 is 0 Å². The summed E-state index contributed by atoms with van der Waals surface area (Å²) < 4.78 is 1.03. The molecule has 0 spiro atoms. The zero-order chi connectivity index (χ0) is 21.5. The fourth-order valence-corrected chi connectivity index (χ4v) is 4.39. The first kappa shape index (κ1) is 20.2. The van der Waals surface area contributed by atoms with Crippen molar-refractivity contribution < 1.29 is 14.4 Å². The van der Waals surface area contributed by atoms with Gasteiger partial charge in [0.1, 0.15) is 0 Å². The monoisotopic (exact) mass is 421 g/mol. The largest absolute Gasteiger partial charge is 0.302 e. The zero-order valence-corrected chi connectivity index (χ0v) is 18.0. The molecule has 0 fully saturated rings. The maximum atomic E-state index is 12.4. The second-order valence-electron chi connectivity index (χ2n) is 8.41. The molecule has 154 valence electrons. The first-order valence-electron chi connectivity index (χ1n) is 9.90. The quantitative estimate of drug-likeness (QED) is 0.610. The number of imide groups is 1. The number of carbonyl (C=O) groups is 3. The number of nitrogens with one attached hydrogen (secondary N) is 1. The predicted octanol–water partition coefficient (Wildman–Crippen LogP) is 4.61. The van der Waals surface area contributed by atoms with E-state index in [0.29, 0.717) is 22.7 Å². The van der Waals surface area contributed by atoms with E-state index in [1.807, 2.05) is 6.07 Å². The van der Waals surface area contributed by atoms with E-state index in [4.69, 9.17) is 0 Å². The molecule has 4 rings (SSSR count). The van der Waals surface area contributed by atoms with Crippen LogP contribution < -0.4 is 5.32 Å². The van der Waals surface area contributed by atoms with Gasteiger partial charge in [-0.3, -0.25) is 19.3 Å². The van der Waals surface area contributed by atoms with Gasteiger partial charge in [0.05, 0.1) is 21.3 Å². The zero-order valence-electron chi connectivity index (χ0n) is 17.2. The second kappa shape index (κ2) is 7.65. The molecule has 0 unspecified atom stereocenters. The van der Waals surface area contributed by atoms with E-state index in [2.05, 4.69) is 43.2 Å². The van der Waals surface area contributed by atoms with Gasteiger partial charge in [-0.25, -0.2) is 4.98 Å². The molecule has 0 bridgehead atoms. The van der Waals surface area contributed by atoms with Gasteiger partial charge in [-0.1, -0.05) is 50.3 Å². The second-order valence-corrected chi connectivity index (χ2v) is 9.44. The van der Waals surface area contributed by atoms with Crippen molar-refractivity contribution in [2.24, 2.45) is 0 Å². The highest BCUT2D eigenvalue weighted by Crippen LogP contribution is 2.31. The number of hydrogen-bond donors (Lipinski definition) is 1. The lowest BCUT2D eigenvalue weighted by molar-refractivity contribution is -0.116. The van der Waals surface area contributed by atoms with Crippen LogP contribution in [0.2, 0.25) is 0 Å². The number of hydrogen-bond acceptors (Lipinski definition) is 5. The summed E-state index contributed by atoms with van der Waals surface area (Å²) in [7, 11) is 0. The number of thiazole rings is 1. The summed E-state index contributed by atoms with van der Waals surface area (Å²) in [6.07, 6.45) is 0.604. The molecule has 3 amide bonds. The van der Waals surface area contributed by atoms with Gasteiger partial charge >= 0.3 is 0 Å². The standard InChI is InChI=1S/C23H23N3O3S/c1-23(2,3)14-10-11-17-18(13-14)30-22(24-17)25-19(27)9-6-12-26-20(28)15-7-4-5-8-16(15)21(26)29/h4-5,7-8,10-11,13H,6,9,12H2,1-3H3,(H,24,25,27). The summed E-state index contributed by atoms with van der Waals surface area (Å²) in [5, 5.41) is 3.39. The van der Waals surface area contributed by atoms with Gasteiger partial charge < -0.3 is 5.32 Å². The summed E-state index contributed by atoms with van der Waals surface area (Å²) in [6.45, 7) is 6.69. The van der Waals surface area contributed by atoms with Gasteiger partial charge in [-0.15, -0.1) is 0 Å². The average molecular weight is 422 g/mol. The highest BCUT2D eigenvalue weighted by atomic mass is 32.1. The summed E-state index contributed by atoms with van der Waals surface area (Å²) in [4.78, 5) is 42.8. The van der Waals surface area contributed by atoms with E-state index in [-0.39, 0.29) is 36.1 Å². The van der Waals surface area contributed by atoms with Crippen molar-refractivity contribution in [2.75, 3.05) is 11.9 Å². The van der Waals surface area contributed by atoms with E-state index in [1.54, 1.807) is 24.3 Å². The molecule has 1 aliphatic heterocycles. The van der Waals surface area contributed by atoms with Gasteiger partial charge in [0.25, 0.3) is 11.8 Å². The lowest BCUT2D eigenvalue weighted by Gasteiger charge is -2.18. The Morgan fingerprint density at radius 2 is 1.73 bits per heavy atom. The first-order valence-corrected chi connectivity index (χ1v) is 10.7. The molecule has 1 aliphatic rings. The van der Waals surface area contributed by atoms with Crippen LogP contribution in [-0.2, 0) is 10.2 Å². The number of rotatable bonds is 5. The molecule has 30 heavy (non-hydrogen) atoms. The van der Waals surface area contributed by atoms with E-state index >= 15 is 0 Å². The number of amides is 3. The SMILES string of the molecule is CC(C)(C)c1ccc2nc(NC(=O)CCCN3C(=O)c4ccccc4C3=O)sc2c1. The highest BCUT2D eigenvalue weighted by molar-refractivity contribution is 7.22. The van der Waals surface area contributed by atoms with Crippen molar-refractivity contribution in [2.45, 2.75) is 39.0 Å². The molecular weight excluding hydrogens is 398 g/mol. The number of carbonyl (C=O) groups excluding carboxylic acids is 3. The molecule has 0 aliphatic carbocycles. The van der Waals surface area contributed by atoms with Crippen molar-refractivity contribution in [3.05, 3.63) is 59.2 Å². The highest BCUT2D eigenvalue weighted by Gasteiger charge is 2.34. The molecule has 7 heteroatoms. The minimum atomic E-state index is -0.295. The van der Waals surface area contributed by atoms with Crippen LogP contribution in [0.4, 0.5) is 5.13 Å². The molecule has 1 aromatic heterocycles. The third-order valence-corrected chi connectivity index (χ3v) is 6.10. The Hall–Kier alpha value is -3.06. The van der Waals surface area contributed by atoms with Gasteiger partial charge in [0, 0.05) is 13.0 Å². The van der Waals surface area contributed by atoms with Crippen molar-refractivity contribution in [1.82, 2.24) is 9.88 Å². The Labute approximate surface area is 178 Å². The molecule has 0 radical (unpaired) electrons. The Balaban J connectivity index is 1.34. The number of fused-ring (bicyclic) bond motifs is 2. The smallest absolute Gasteiger partial charge is 0.261 e. The lowest BCUT2D eigenvalue weighted by Crippen LogP contribution is -2.31. The summed E-state index contributed by atoms with van der Waals surface area (Å²) in [6, 6.07) is 12.9. The van der Waals surface area contributed by atoms with Crippen molar-refractivity contribution in [1.29, 1.82) is 0 Å².